The molecule has 1 saturated carbocycles. The highest BCUT2D eigenvalue weighted by atomic mass is 35.5. The molecule has 0 bridgehead atoms. The fourth-order valence-corrected chi connectivity index (χ4v) is 4.74. The normalized spacial score (nSPS) is 21.3. The molecule has 2 fully saturated rings. The van der Waals surface area contributed by atoms with Crippen LogP contribution in [0, 0.1) is 11.8 Å². The van der Waals surface area contributed by atoms with Crippen LogP contribution in [0.1, 0.15) is 53.3 Å². The van der Waals surface area contributed by atoms with Gasteiger partial charge < -0.3 is 0 Å². The summed E-state index contributed by atoms with van der Waals surface area (Å²) in [7, 11) is 0. The van der Waals surface area contributed by atoms with E-state index in [1.165, 1.54) is 19.1 Å². The van der Waals surface area contributed by atoms with Gasteiger partial charge in [0.2, 0.25) is 0 Å². The Morgan fingerprint density at radius 2 is 1.28 bits per heavy atom. The van der Waals surface area contributed by atoms with E-state index in [1.54, 1.807) is 36.4 Å². The van der Waals surface area contributed by atoms with Crippen molar-refractivity contribution in [2.45, 2.75) is 38.6 Å². The average molecular weight is 473 g/mol. The van der Waals surface area contributed by atoms with Crippen molar-refractivity contribution in [3.05, 3.63) is 69.7 Å². The number of hydrogen-bond acceptors (Lipinski definition) is 4. The van der Waals surface area contributed by atoms with Crippen LogP contribution in [0.2, 0.25) is 10.0 Å². The van der Waals surface area contributed by atoms with Crippen molar-refractivity contribution in [3.63, 3.8) is 0 Å². The van der Waals surface area contributed by atoms with Gasteiger partial charge in [-0.05, 0) is 68.3 Å². The highest BCUT2D eigenvalue weighted by molar-refractivity contribution is 6.31. The van der Waals surface area contributed by atoms with Gasteiger partial charge in [0.1, 0.15) is 6.04 Å². The minimum atomic E-state index is -1.09. The zero-order valence-electron chi connectivity index (χ0n) is 17.5. The van der Waals surface area contributed by atoms with Crippen LogP contribution < -0.4 is 0 Å². The molecule has 2 aromatic carbocycles. The maximum absolute atomic E-state index is 13.5. The molecule has 1 heterocycles. The smallest absolute Gasteiger partial charge is 0.273 e. The number of hydrazine groups is 1. The Kier molecular flexibility index (Phi) is 6.35. The molecular formula is C24H22Cl2N2O4. The summed E-state index contributed by atoms with van der Waals surface area (Å²) in [5.41, 5.74) is 0.549. The monoisotopic (exact) mass is 472 g/mol. The van der Waals surface area contributed by atoms with Gasteiger partial charge in [0.25, 0.3) is 17.7 Å². The van der Waals surface area contributed by atoms with Crippen LogP contribution in [-0.2, 0) is 9.59 Å². The lowest BCUT2D eigenvalue weighted by Gasteiger charge is -2.34. The standard InChI is InChI=1S/C24H22Cl2N2O4/c1-14(21(29)15-6-10-17(25)11-7-15)27(22(30)16-8-12-18(26)13-9-16)28-23(31)19-4-2-3-5-20(19)24(28)32/h6-14,19-20H,2-5H2,1H3/t14-,19-,20+/m0/s1. The number of rotatable bonds is 5. The number of benzene rings is 2. The molecule has 0 unspecified atom stereocenters. The molecule has 166 valence electrons. The zero-order valence-corrected chi connectivity index (χ0v) is 19.0. The molecule has 1 aliphatic carbocycles. The van der Waals surface area contributed by atoms with Gasteiger partial charge in [0.05, 0.1) is 11.8 Å². The number of halogens is 2. The second kappa shape index (κ2) is 9.04. The van der Waals surface area contributed by atoms with Crippen LogP contribution >= 0.6 is 23.2 Å². The predicted molar refractivity (Wildman–Crippen MR) is 120 cm³/mol. The molecule has 1 aliphatic heterocycles. The second-order valence-corrected chi connectivity index (χ2v) is 9.06. The summed E-state index contributed by atoms with van der Waals surface area (Å²) in [5, 5.41) is 2.84. The molecule has 2 aromatic rings. The van der Waals surface area contributed by atoms with E-state index in [0.29, 0.717) is 28.5 Å². The van der Waals surface area contributed by atoms with Gasteiger partial charge in [0.15, 0.2) is 5.78 Å². The Labute approximate surface area is 196 Å². The highest BCUT2D eigenvalue weighted by Crippen LogP contribution is 2.39. The van der Waals surface area contributed by atoms with Crippen molar-refractivity contribution < 1.29 is 19.2 Å². The molecule has 3 atom stereocenters. The average Bonchev–Trinajstić information content (AvgIpc) is 3.05. The topological polar surface area (TPSA) is 74.8 Å². The van der Waals surface area contributed by atoms with Gasteiger partial charge in [0, 0.05) is 21.2 Å². The maximum Gasteiger partial charge on any atom is 0.273 e. The van der Waals surface area contributed by atoms with E-state index in [9.17, 15) is 19.2 Å². The van der Waals surface area contributed by atoms with Crippen molar-refractivity contribution in [1.82, 2.24) is 10.0 Å². The van der Waals surface area contributed by atoms with E-state index in [1.807, 2.05) is 0 Å². The van der Waals surface area contributed by atoms with Crippen LogP contribution in [0.15, 0.2) is 48.5 Å². The number of amides is 3. The van der Waals surface area contributed by atoms with E-state index in [-0.39, 0.29) is 5.56 Å². The lowest BCUT2D eigenvalue weighted by Crippen LogP contribution is -2.56. The van der Waals surface area contributed by atoms with Gasteiger partial charge in [-0.25, -0.2) is 5.01 Å². The number of carbonyl (C=O) groups excluding carboxylic acids is 4. The Bertz CT molecular complexity index is 1040. The molecular weight excluding hydrogens is 451 g/mol. The number of imide groups is 1. The minimum absolute atomic E-state index is 0.223. The fourth-order valence-electron chi connectivity index (χ4n) is 4.49. The zero-order chi connectivity index (χ0) is 23.0. The van der Waals surface area contributed by atoms with E-state index in [2.05, 4.69) is 0 Å². The first-order valence-corrected chi connectivity index (χ1v) is 11.3. The van der Waals surface area contributed by atoms with Crippen LogP contribution in [0.5, 0.6) is 0 Å². The molecule has 3 amide bonds. The number of ketones is 1. The summed E-state index contributed by atoms with van der Waals surface area (Å²) in [5.74, 6) is -2.75. The number of hydrogen-bond donors (Lipinski definition) is 0. The van der Waals surface area contributed by atoms with Crippen molar-refractivity contribution >= 4 is 46.7 Å². The third kappa shape index (κ3) is 4.05. The van der Waals surface area contributed by atoms with Crippen LogP contribution in [0.25, 0.3) is 0 Å². The minimum Gasteiger partial charge on any atom is -0.292 e. The van der Waals surface area contributed by atoms with Crippen LogP contribution in [-0.4, -0.2) is 39.6 Å². The number of fused-ring (bicyclic) bond motifs is 1. The molecule has 32 heavy (non-hydrogen) atoms. The van der Waals surface area contributed by atoms with Crippen molar-refractivity contribution in [2.24, 2.45) is 11.8 Å². The highest BCUT2D eigenvalue weighted by Gasteiger charge is 2.53. The van der Waals surface area contributed by atoms with E-state index in [4.69, 9.17) is 23.2 Å². The summed E-state index contributed by atoms with van der Waals surface area (Å²) in [6.45, 7) is 1.52. The van der Waals surface area contributed by atoms with Gasteiger partial charge in [-0.15, -0.1) is 0 Å². The van der Waals surface area contributed by atoms with Gasteiger partial charge in [-0.1, -0.05) is 36.0 Å². The summed E-state index contributed by atoms with van der Waals surface area (Å²) in [4.78, 5) is 53.3. The van der Waals surface area contributed by atoms with Gasteiger partial charge in [-0.3, -0.25) is 19.2 Å². The van der Waals surface area contributed by atoms with Crippen molar-refractivity contribution in [3.8, 4) is 0 Å². The number of nitrogens with zero attached hydrogens (tertiary/aromatic N) is 2. The first-order chi connectivity index (χ1) is 15.3. The van der Waals surface area contributed by atoms with Gasteiger partial charge >= 0.3 is 0 Å². The van der Waals surface area contributed by atoms with E-state index in [0.717, 1.165) is 22.9 Å². The van der Waals surface area contributed by atoms with E-state index >= 15 is 0 Å². The Morgan fingerprint density at radius 3 is 1.75 bits per heavy atom. The summed E-state index contributed by atoms with van der Waals surface area (Å²) >= 11 is 11.9. The molecule has 6 nitrogen and oxygen atoms in total. The van der Waals surface area contributed by atoms with Crippen LogP contribution in [0.3, 0.4) is 0 Å². The largest absolute Gasteiger partial charge is 0.292 e. The Balaban J connectivity index is 1.74. The summed E-state index contributed by atoms with van der Waals surface area (Å²) < 4.78 is 0. The van der Waals surface area contributed by atoms with Crippen molar-refractivity contribution in [1.29, 1.82) is 0 Å². The number of carbonyl (C=O) groups is 4. The maximum atomic E-state index is 13.5. The molecule has 0 spiro atoms. The Morgan fingerprint density at radius 1 is 0.844 bits per heavy atom. The first kappa shape index (κ1) is 22.5. The number of Topliss-reactive ketones (excluding diaryl/α,β-unsaturated/α-hetero) is 1. The molecule has 2 aliphatic rings. The summed E-state index contributed by atoms with van der Waals surface area (Å²) in [6.07, 6.45) is 2.93. The first-order valence-electron chi connectivity index (χ1n) is 10.6. The van der Waals surface area contributed by atoms with E-state index < -0.39 is 41.4 Å². The lowest BCUT2D eigenvalue weighted by molar-refractivity contribution is -0.156. The van der Waals surface area contributed by atoms with Crippen LogP contribution in [0.4, 0.5) is 0 Å². The quantitative estimate of drug-likeness (QED) is 0.462. The SMILES string of the molecule is C[C@@H](C(=O)c1ccc(Cl)cc1)N(C(=O)c1ccc(Cl)cc1)N1C(=O)[C@H]2CCCC[C@H]2C1=O. The molecule has 0 N–H and O–H groups in total. The lowest BCUT2D eigenvalue weighted by atomic mass is 9.81. The second-order valence-electron chi connectivity index (χ2n) is 8.19. The predicted octanol–water partition coefficient (Wildman–Crippen LogP) is 4.80. The molecule has 1 saturated heterocycles. The fraction of sp³-hybridized carbons (Fsp3) is 0.333. The van der Waals surface area contributed by atoms with Crippen molar-refractivity contribution in [2.75, 3.05) is 0 Å². The third-order valence-electron chi connectivity index (χ3n) is 6.21. The summed E-state index contributed by atoms with van der Waals surface area (Å²) in [6, 6.07) is 11.3. The third-order valence-corrected chi connectivity index (χ3v) is 6.71. The molecule has 8 heteroatoms. The Hall–Kier alpha value is -2.70. The molecule has 0 aromatic heterocycles. The molecule has 0 radical (unpaired) electrons. The molecule has 4 rings (SSSR count). The van der Waals surface area contributed by atoms with Gasteiger partial charge in [-0.2, -0.15) is 5.01 Å².